The highest BCUT2D eigenvalue weighted by atomic mass is 79.9. The predicted octanol–water partition coefficient (Wildman–Crippen LogP) is 3.30. The summed E-state index contributed by atoms with van der Waals surface area (Å²) in [5, 5.41) is 3.34. The molecular formula is C14H20BrNO2. The number of rotatable bonds is 6. The smallest absolute Gasteiger partial charge is 0.309 e. The summed E-state index contributed by atoms with van der Waals surface area (Å²) in [5.74, 6) is -0.272. The second-order valence-electron chi connectivity index (χ2n) is 4.34. The molecular weight excluding hydrogens is 294 g/mol. The van der Waals surface area contributed by atoms with Crippen LogP contribution in [0.5, 0.6) is 0 Å². The Labute approximate surface area is 117 Å². The predicted molar refractivity (Wildman–Crippen MR) is 76.4 cm³/mol. The Morgan fingerprint density at radius 1 is 1.44 bits per heavy atom. The van der Waals surface area contributed by atoms with Crippen molar-refractivity contribution in [3.05, 3.63) is 34.3 Å². The van der Waals surface area contributed by atoms with Gasteiger partial charge >= 0.3 is 5.97 Å². The molecule has 0 saturated carbocycles. The van der Waals surface area contributed by atoms with Crippen molar-refractivity contribution in [2.45, 2.75) is 26.8 Å². The lowest BCUT2D eigenvalue weighted by Gasteiger charge is -2.17. The Morgan fingerprint density at radius 2 is 2.17 bits per heavy atom. The van der Waals surface area contributed by atoms with Gasteiger partial charge in [0.05, 0.1) is 12.5 Å². The molecule has 1 aromatic rings. The van der Waals surface area contributed by atoms with Crippen molar-refractivity contribution in [1.29, 1.82) is 0 Å². The van der Waals surface area contributed by atoms with E-state index in [4.69, 9.17) is 4.74 Å². The van der Waals surface area contributed by atoms with Crippen LogP contribution in [-0.2, 0) is 9.53 Å². The first-order valence-electron chi connectivity index (χ1n) is 6.20. The van der Waals surface area contributed by atoms with Crippen molar-refractivity contribution in [3.8, 4) is 0 Å². The summed E-state index contributed by atoms with van der Waals surface area (Å²) in [6.07, 6.45) is 0. The molecule has 0 spiro atoms. The number of hydrogen-bond acceptors (Lipinski definition) is 3. The monoisotopic (exact) mass is 313 g/mol. The molecule has 4 heteroatoms. The zero-order valence-corrected chi connectivity index (χ0v) is 12.7. The average Bonchev–Trinajstić information content (AvgIpc) is 2.35. The standard InChI is InChI=1S/C14H20BrNO2/c1-4-18-14(17)10(2)9-16-11(3)12-6-5-7-13(15)8-12/h5-8,10-11,16H,4,9H2,1-3H3. The van der Waals surface area contributed by atoms with Crippen LogP contribution in [-0.4, -0.2) is 19.1 Å². The quantitative estimate of drug-likeness (QED) is 0.819. The summed E-state index contributed by atoms with van der Waals surface area (Å²) < 4.78 is 6.04. The van der Waals surface area contributed by atoms with Crippen molar-refractivity contribution in [3.63, 3.8) is 0 Å². The normalized spacial score (nSPS) is 14.0. The molecule has 1 N–H and O–H groups in total. The summed E-state index contributed by atoms with van der Waals surface area (Å²) in [4.78, 5) is 11.5. The summed E-state index contributed by atoms with van der Waals surface area (Å²) in [6.45, 7) is 6.83. The summed E-state index contributed by atoms with van der Waals surface area (Å²) in [7, 11) is 0. The number of carbonyl (C=O) groups is 1. The third-order valence-electron chi connectivity index (χ3n) is 2.77. The van der Waals surface area contributed by atoms with Gasteiger partial charge in [0, 0.05) is 17.1 Å². The molecule has 0 bridgehead atoms. The number of nitrogens with one attached hydrogen (secondary N) is 1. The number of ether oxygens (including phenoxy) is 1. The van der Waals surface area contributed by atoms with Crippen LogP contribution in [0.4, 0.5) is 0 Å². The third-order valence-corrected chi connectivity index (χ3v) is 3.26. The molecule has 1 aromatic carbocycles. The van der Waals surface area contributed by atoms with Crippen molar-refractivity contribution < 1.29 is 9.53 Å². The maximum Gasteiger partial charge on any atom is 0.309 e. The zero-order valence-electron chi connectivity index (χ0n) is 11.1. The number of halogens is 1. The number of hydrogen-bond donors (Lipinski definition) is 1. The topological polar surface area (TPSA) is 38.3 Å². The minimum atomic E-state index is -0.147. The van der Waals surface area contributed by atoms with Crippen LogP contribution in [0.25, 0.3) is 0 Å². The number of benzene rings is 1. The molecule has 0 fully saturated rings. The van der Waals surface area contributed by atoms with Gasteiger partial charge in [0.25, 0.3) is 0 Å². The van der Waals surface area contributed by atoms with E-state index in [1.165, 1.54) is 5.56 Å². The van der Waals surface area contributed by atoms with E-state index in [-0.39, 0.29) is 17.9 Å². The molecule has 0 aliphatic heterocycles. The summed E-state index contributed by atoms with van der Waals surface area (Å²) >= 11 is 3.45. The van der Waals surface area contributed by atoms with Gasteiger partial charge in [-0.2, -0.15) is 0 Å². The van der Waals surface area contributed by atoms with E-state index in [1.54, 1.807) is 0 Å². The van der Waals surface area contributed by atoms with E-state index >= 15 is 0 Å². The van der Waals surface area contributed by atoms with E-state index < -0.39 is 0 Å². The van der Waals surface area contributed by atoms with Crippen LogP contribution in [0.3, 0.4) is 0 Å². The fourth-order valence-electron chi connectivity index (χ4n) is 1.62. The van der Waals surface area contributed by atoms with Gasteiger partial charge in [-0.25, -0.2) is 0 Å². The van der Waals surface area contributed by atoms with Crippen molar-refractivity contribution in [2.75, 3.05) is 13.2 Å². The van der Waals surface area contributed by atoms with Crippen LogP contribution in [0, 0.1) is 5.92 Å². The lowest BCUT2D eigenvalue weighted by atomic mass is 10.1. The largest absolute Gasteiger partial charge is 0.466 e. The summed E-state index contributed by atoms with van der Waals surface area (Å²) in [6, 6.07) is 8.35. The van der Waals surface area contributed by atoms with Crippen LogP contribution in [0.15, 0.2) is 28.7 Å². The lowest BCUT2D eigenvalue weighted by Crippen LogP contribution is -2.29. The Bertz CT molecular complexity index is 395. The van der Waals surface area contributed by atoms with Crippen molar-refractivity contribution >= 4 is 21.9 Å². The maximum atomic E-state index is 11.5. The van der Waals surface area contributed by atoms with Gasteiger partial charge in [-0.1, -0.05) is 35.0 Å². The first-order valence-corrected chi connectivity index (χ1v) is 6.99. The molecule has 0 aliphatic carbocycles. The first-order chi connectivity index (χ1) is 8.54. The molecule has 3 nitrogen and oxygen atoms in total. The SMILES string of the molecule is CCOC(=O)C(C)CNC(C)c1cccc(Br)c1. The third kappa shape index (κ3) is 4.78. The molecule has 18 heavy (non-hydrogen) atoms. The Morgan fingerprint density at radius 3 is 2.78 bits per heavy atom. The molecule has 0 aromatic heterocycles. The van der Waals surface area contributed by atoms with Gasteiger partial charge in [-0.15, -0.1) is 0 Å². The molecule has 0 amide bonds. The van der Waals surface area contributed by atoms with E-state index in [9.17, 15) is 4.79 Å². The zero-order chi connectivity index (χ0) is 13.5. The van der Waals surface area contributed by atoms with Gasteiger partial charge in [0.2, 0.25) is 0 Å². The average molecular weight is 314 g/mol. The number of esters is 1. The van der Waals surface area contributed by atoms with E-state index in [0.29, 0.717) is 13.2 Å². The minimum Gasteiger partial charge on any atom is -0.466 e. The number of carbonyl (C=O) groups excluding carboxylic acids is 1. The van der Waals surface area contributed by atoms with Crippen LogP contribution in [0.1, 0.15) is 32.4 Å². The molecule has 0 radical (unpaired) electrons. The van der Waals surface area contributed by atoms with Gasteiger partial charge in [-0.05, 0) is 31.5 Å². The molecule has 2 atom stereocenters. The minimum absolute atomic E-state index is 0.125. The van der Waals surface area contributed by atoms with Crippen molar-refractivity contribution in [1.82, 2.24) is 5.32 Å². The van der Waals surface area contributed by atoms with Gasteiger partial charge in [0.1, 0.15) is 0 Å². The van der Waals surface area contributed by atoms with Gasteiger partial charge < -0.3 is 10.1 Å². The van der Waals surface area contributed by atoms with Crippen LogP contribution in [0.2, 0.25) is 0 Å². The second kappa shape index (κ2) is 7.54. The highest BCUT2D eigenvalue weighted by molar-refractivity contribution is 9.10. The Kier molecular flexibility index (Phi) is 6.36. The van der Waals surface area contributed by atoms with E-state index in [0.717, 1.165) is 4.47 Å². The highest BCUT2D eigenvalue weighted by Crippen LogP contribution is 2.18. The van der Waals surface area contributed by atoms with Crippen molar-refractivity contribution in [2.24, 2.45) is 5.92 Å². The molecule has 100 valence electrons. The Balaban J connectivity index is 2.46. The first kappa shape index (κ1) is 15.2. The summed E-state index contributed by atoms with van der Waals surface area (Å²) in [5.41, 5.74) is 1.19. The molecule has 2 unspecified atom stereocenters. The van der Waals surface area contributed by atoms with Crippen LogP contribution < -0.4 is 5.32 Å². The molecule has 1 rings (SSSR count). The van der Waals surface area contributed by atoms with Crippen LogP contribution >= 0.6 is 15.9 Å². The highest BCUT2D eigenvalue weighted by Gasteiger charge is 2.15. The van der Waals surface area contributed by atoms with Gasteiger partial charge in [-0.3, -0.25) is 4.79 Å². The fourth-order valence-corrected chi connectivity index (χ4v) is 2.03. The van der Waals surface area contributed by atoms with E-state index in [2.05, 4.69) is 40.3 Å². The molecule has 0 heterocycles. The second-order valence-corrected chi connectivity index (χ2v) is 5.25. The maximum absolute atomic E-state index is 11.5. The van der Waals surface area contributed by atoms with E-state index in [1.807, 2.05) is 26.0 Å². The molecule has 0 saturated heterocycles. The fraction of sp³-hybridized carbons (Fsp3) is 0.500. The lowest BCUT2D eigenvalue weighted by molar-refractivity contribution is -0.147. The molecule has 0 aliphatic rings. The Hall–Kier alpha value is -0.870. The van der Waals surface area contributed by atoms with Gasteiger partial charge in [0.15, 0.2) is 0 Å².